The highest BCUT2D eigenvalue weighted by molar-refractivity contribution is 5.77. The molecule has 2 N–H and O–H groups in total. The number of rotatable bonds is 5. The summed E-state index contributed by atoms with van der Waals surface area (Å²) < 4.78 is 0. The Balaban J connectivity index is 3.03. The Bertz CT molecular complexity index is 493. The number of hydrogen-bond donors (Lipinski definition) is 2. The molecular formula is C17H30N4O2. The summed E-state index contributed by atoms with van der Waals surface area (Å²) in [4.78, 5) is 27.2. The van der Waals surface area contributed by atoms with Crippen LogP contribution < -0.4 is 10.6 Å². The Morgan fingerprint density at radius 1 is 1.13 bits per heavy atom. The van der Waals surface area contributed by atoms with Crippen LogP contribution in [-0.4, -0.2) is 55.6 Å². The molecule has 1 aliphatic rings. The van der Waals surface area contributed by atoms with Gasteiger partial charge in [-0.05, 0) is 12.0 Å². The zero-order valence-corrected chi connectivity index (χ0v) is 15.1. The van der Waals surface area contributed by atoms with Gasteiger partial charge in [-0.25, -0.2) is 9.59 Å². The maximum atomic E-state index is 12.3. The highest BCUT2D eigenvalue weighted by Crippen LogP contribution is 2.34. The van der Waals surface area contributed by atoms with Crippen molar-refractivity contribution in [2.45, 2.75) is 38.6 Å². The Morgan fingerprint density at radius 3 is 2.17 bits per heavy atom. The Morgan fingerprint density at radius 2 is 1.70 bits per heavy atom. The van der Waals surface area contributed by atoms with Crippen LogP contribution in [0.15, 0.2) is 23.9 Å². The minimum absolute atomic E-state index is 0.123. The molecule has 0 aliphatic heterocycles. The third-order valence-corrected chi connectivity index (χ3v) is 4.31. The van der Waals surface area contributed by atoms with E-state index in [0.717, 1.165) is 18.5 Å². The van der Waals surface area contributed by atoms with Crippen molar-refractivity contribution in [2.24, 2.45) is 5.92 Å². The van der Waals surface area contributed by atoms with Crippen LogP contribution in [0, 0.1) is 5.92 Å². The lowest BCUT2D eigenvalue weighted by Crippen LogP contribution is -2.56. The van der Waals surface area contributed by atoms with E-state index < -0.39 is 5.54 Å². The van der Waals surface area contributed by atoms with Gasteiger partial charge in [0.2, 0.25) is 0 Å². The van der Waals surface area contributed by atoms with Crippen molar-refractivity contribution in [3.05, 3.63) is 23.9 Å². The number of hydrogen-bond acceptors (Lipinski definition) is 2. The first-order valence-corrected chi connectivity index (χ1v) is 8.11. The lowest BCUT2D eigenvalue weighted by atomic mass is 9.75. The van der Waals surface area contributed by atoms with Crippen LogP contribution in [0.25, 0.3) is 0 Å². The average Bonchev–Trinajstić information content (AvgIpc) is 2.48. The third kappa shape index (κ3) is 4.74. The fraction of sp³-hybridized carbons (Fsp3) is 0.647. The predicted octanol–water partition coefficient (Wildman–Crippen LogP) is 2.55. The molecule has 0 bridgehead atoms. The lowest BCUT2D eigenvalue weighted by Gasteiger charge is -2.41. The van der Waals surface area contributed by atoms with Crippen molar-refractivity contribution < 1.29 is 9.59 Å². The molecule has 0 radical (unpaired) electrons. The van der Waals surface area contributed by atoms with E-state index in [1.54, 1.807) is 28.2 Å². The van der Waals surface area contributed by atoms with Gasteiger partial charge >= 0.3 is 12.1 Å². The molecule has 0 saturated carbocycles. The monoisotopic (exact) mass is 322 g/mol. The number of amides is 4. The Kier molecular flexibility index (Phi) is 6.66. The molecule has 0 aromatic carbocycles. The normalized spacial score (nSPS) is 20.0. The van der Waals surface area contributed by atoms with Gasteiger partial charge in [-0.1, -0.05) is 38.8 Å². The fourth-order valence-corrected chi connectivity index (χ4v) is 2.90. The highest BCUT2D eigenvalue weighted by atomic mass is 16.2. The molecule has 0 spiro atoms. The van der Waals surface area contributed by atoms with Crippen LogP contribution in [0.3, 0.4) is 0 Å². The van der Waals surface area contributed by atoms with Crippen LogP contribution in [0.4, 0.5) is 9.59 Å². The average molecular weight is 322 g/mol. The van der Waals surface area contributed by atoms with E-state index in [9.17, 15) is 9.59 Å². The van der Waals surface area contributed by atoms with Gasteiger partial charge in [0.25, 0.3) is 0 Å². The van der Waals surface area contributed by atoms with E-state index in [-0.39, 0.29) is 12.1 Å². The molecule has 4 amide bonds. The van der Waals surface area contributed by atoms with Gasteiger partial charge in [0.05, 0.1) is 5.54 Å². The van der Waals surface area contributed by atoms with Crippen LogP contribution in [-0.2, 0) is 0 Å². The number of carbonyl (C=O) groups excluding carboxylic acids is 2. The number of nitrogens with zero attached hydrogens (tertiary/aromatic N) is 2. The topological polar surface area (TPSA) is 64.7 Å². The number of carbonyl (C=O) groups is 2. The second kappa shape index (κ2) is 8.04. The van der Waals surface area contributed by atoms with Gasteiger partial charge in [-0.2, -0.15) is 0 Å². The van der Waals surface area contributed by atoms with E-state index in [2.05, 4.69) is 30.6 Å². The van der Waals surface area contributed by atoms with Crippen molar-refractivity contribution in [3.8, 4) is 0 Å². The zero-order chi connectivity index (χ0) is 17.6. The van der Waals surface area contributed by atoms with Crippen molar-refractivity contribution in [1.29, 1.82) is 0 Å². The van der Waals surface area contributed by atoms with Gasteiger partial charge in [0.1, 0.15) is 0 Å². The van der Waals surface area contributed by atoms with Crippen molar-refractivity contribution in [2.75, 3.05) is 28.2 Å². The second-order valence-corrected chi connectivity index (χ2v) is 6.43. The first kappa shape index (κ1) is 19.1. The molecule has 1 aliphatic carbocycles. The summed E-state index contributed by atoms with van der Waals surface area (Å²) in [5.74, 6) is 0.294. The van der Waals surface area contributed by atoms with E-state index in [1.807, 2.05) is 12.2 Å². The van der Waals surface area contributed by atoms with Gasteiger partial charge in [0, 0.05) is 40.3 Å². The summed E-state index contributed by atoms with van der Waals surface area (Å²) in [5.41, 5.74) is 0.339. The molecule has 6 nitrogen and oxygen atoms in total. The van der Waals surface area contributed by atoms with Gasteiger partial charge in [0.15, 0.2) is 0 Å². The van der Waals surface area contributed by atoms with Crippen molar-refractivity contribution >= 4 is 12.1 Å². The van der Waals surface area contributed by atoms with Crippen LogP contribution in [0.2, 0.25) is 0 Å². The van der Waals surface area contributed by atoms with E-state index in [0.29, 0.717) is 12.3 Å². The summed E-state index contributed by atoms with van der Waals surface area (Å²) in [6, 6.07) is -0.286. The predicted molar refractivity (Wildman–Crippen MR) is 93.1 cm³/mol. The smallest absolute Gasteiger partial charge is 0.321 e. The number of nitrogens with one attached hydrogen (secondary N) is 2. The van der Waals surface area contributed by atoms with Crippen molar-refractivity contribution in [3.63, 3.8) is 0 Å². The minimum Gasteiger partial charge on any atom is -0.331 e. The maximum absolute atomic E-state index is 12.3. The molecule has 0 aromatic heterocycles. The Hall–Kier alpha value is -1.98. The molecule has 23 heavy (non-hydrogen) atoms. The summed E-state index contributed by atoms with van der Waals surface area (Å²) in [6.07, 6.45) is 8.34. The van der Waals surface area contributed by atoms with E-state index in [1.165, 1.54) is 9.80 Å². The molecule has 1 rings (SSSR count). The molecule has 1 atom stereocenters. The summed E-state index contributed by atoms with van der Waals surface area (Å²) in [5, 5.41) is 6.07. The molecule has 0 heterocycles. The van der Waals surface area contributed by atoms with Gasteiger partial charge < -0.3 is 20.4 Å². The molecule has 130 valence electrons. The summed E-state index contributed by atoms with van der Waals surface area (Å²) in [7, 11) is 6.87. The number of urea groups is 2. The fourth-order valence-electron chi connectivity index (χ4n) is 2.90. The van der Waals surface area contributed by atoms with Crippen molar-refractivity contribution in [1.82, 2.24) is 20.4 Å². The highest BCUT2D eigenvalue weighted by Gasteiger charge is 2.38. The first-order valence-electron chi connectivity index (χ1n) is 8.11. The van der Waals surface area contributed by atoms with Crippen LogP contribution in [0.5, 0.6) is 0 Å². The second-order valence-electron chi connectivity index (χ2n) is 6.43. The zero-order valence-electron chi connectivity index (χ0n) is 15.1. The standard InChI is InChI=1S/C17H30N4O2/c1-7-13(8-2)17(19-16(23)21(5)6)11-9-10-14(12-17)18-15(22)20(3)4/h9-11,13H,7-8,12H2,1-6H3,(H,18,22)(H,19,23). The first-order chi connectivity index (χ1) is 10.8. The van der Waals surface area contributed by atoms with Crippen LogP contribution in [0.1, 0.15) is 33.1 Å². The van der Waals surface area contributed by atoms with Crippen LogP contribution >= 0.6 is 0 Å². The molecule has 0 fully saturated rings. The van der Waals surface area contributed by atoms with E-state index >= 15 is 0 Å². The molecule has 0 aromatic rings. The summed E-state index contributed by atoms with van der Waals surface area (Å²) >= 11 is 0. The molecular weight excluding hydrogens is 292 g/mol. The lowest BCUT2D eigenvalue weighted by molar-refractivity contribution is 0.186. The molecule has 1 unspecified atom stereocenters. The van der Waals surface area contributed by atoms with Gasteiger partial charge in [-0.15, -0.1) is 0 Å². The molecule has 6 heteroatoms. The minimum atomic E-state index is -0.478. The quantitative estimate of drug-likeness (QED) is 0.817. The summed E-state index contributed by atoms with van der Waals surface area (Å²) in [6.45, 7) is 4.25. The van der Waals surface area contributed by atoms with E-state index in [4.69, 9.17) is 0 Å². The number of allylic oxidation sites excluding steroid dienone is 2. The SMILES string of the molecule is CCC(CC)C1(NC(=O)N(C)C)C=CC=C(NC(=O)N(C)C)C1. The van der Waals surface area contributed by atoms with Gasteiger partial charge in [-0.3, -0.25) is 0 Å². The Labute approximate surface area is 139 Å². The maximum Gasteiger partial charge on any atom is 0.321 e. The largest absolute Gasteiger partial charge is 0.331 e. The molecule has 0 saturated heterocycles. The third-order valence-electron chi connectivity index (χ3n) is 4.31.